The molecule has 0 spiro atoms. The van der Waals surface area contributed by atoms with E-state index >= 15 is 0 Å². The quantitative estimate of drug-likeness (QED) is 0.596. The van der Waals surface area contributed by atoms with Crippen molar-refractivity contribution >= 4 is 39.9 Å². The Labute approximate surface area is 144 Å². The van der Waals surface area contributed by atoms with Crippen LogP contribution in [0.25, 0.3) is 11.1 Å². The molecule has 0 atom stereocenters. The van der Waals surface area contributed by atoms with E-state index in [1.807, 2.05) is 48.4 Å². The van der Waals surface area contributed by atoms with Gasteiger partial charge in [0.05, 0.1) is 21.7 Å². The van der Waals surface area contributed by atoms with Gasteiger partial charge in [0.2, 0.25) is 0 Å². The lowest BCUT2D eigenvalue weighted by molar-refractivity contribution is -0.113. The zero-order valence-corrected chi connectivity index (χ0v) is 14.6. The number of benzene rings is 1. The Hall–Kier alpha value is -2.46. The Kier molecular flexibility index (Phi) is 3.15. The van der Waals surface area contributed by atoms with E-state index in [1.165, 1.54) is 17.4 Å². The molecule has 0 unspecified atom stereocenters. The summed E-state index contributed by atoms with van der Waals surface area (Å²) in [4.78, 5) is 28.0. The Balaban J connectivity index is 1.91. The molecular formula is C20H17NO2S. The van der Waals surface area contributed by atoms with Crippen molar-refractivity contribution in [2.24, 2.45) is 0 Å². The van der Waals surface area contributed by atoms with Gasteiger partial charge in [0, 0.05) is 17.2 Å². The molecule has 2 aliphatic heterocycles. The van der Waals surface area contributed by atoms with Crippen molar-refractivity contribution < 1.29 is 9.59 Å². The predicted octanol–water partition coefficient (Wildman–Crippen LogP) is 4.56. The number of carbonyl (C=O) groups is 2. The molecule has 1 amide bonds. The van der Waals surface area contributed by atoms with Gasteiger partial charge in [0.1, 0.15) is 0 Å². The summed E-state index contributed by atoms with van der Waals surface area (Å²) in [7, 11) is 0. The van der Waals surface area contributed by atoms with Crippen LogP contribution in [-0.4, -0.2) is 17.2 Å². The van der Waals surface area contributed by atoms with Gasteiger partial charge in [0.25, 0.3) is 5.91 Å². The highest BCUT2D eigenvalue weighted by Crippen LogP contribution is 2.48. The fraction of sp³-hybridized carbons (Fsp3) is 0.200. The topological polar surface area (TPSA) is 37.4 Å². The summed E-state index contributed by atoms with van der Waals surface area (Å²) >= 11 is 1.39. The van der Waals surface area contributed by atoms with Gasteiger partial charge in [-0.1, -0.05) is 30.3 Å². The summed E-state index contributed by atoms with van der Waals surface area (Å²) in [6.45, 7) is 6.12. The number of para-hydroxylation sites is 1. The number of ketones is 1. The molecular weight excluding hydrogens is 318 g/mol. The fourth-order valence-corrected chi connectivity index (χ4v) is 4.28. The lowest BCUT2D eigenvalue weighted by Crippen LogP contribution is -2.46. The van der Waals surface area contributed by atoms with E-state index in [-0.39, 0.29) is 11.7 Å². The molecule has 0 fully saturated rings. The lowest BCUT2D eigenvalue weighted by Gasteiger charge is -2.38. The first-order chi connectivity index (χ1) is 11.4. The number of hydrogen-bond acceptors (Lipinski definition) is 3. The molecule has 4 heteroatoms. The minimum atomic E-state index is -0.411. The lowest BCUT2D eigenvalue weighted by atomic mass is 9.89. The first kappa shape index (κ1) is 15.1. The molecule has 0 saturated heterocycles. The first-order valence-electron chi connectivity index (χ1n) is 7.87. The van der Waals surface area contributed by atoms with E-state index in [0.717, 1.165) is 22.4 Å². The van der Waals surface area contributed by atoms with Crippen molar-refractivity contribution in [2.45, 2.75) is 26.3 Å². The molecule has 120 valence electrons. The van der Waals surface area contributed by atoms with Crippen LogP contribution in [0.2, 0.25) is 0 Å². The summed E-state index contributed by atoms with van der Waals surface area (Å²) in [5.41, 5.74) is 4.08. The molecule has 0 bridgehead atoms. The maximum absolute atomic E-state index is 13.1. The summed E-state index contributed by atoms with van der Waals surface area (Å²) < 4.78 is 0. The van der Waals surface area contributed by atoms with E-state index in [1.54, 1.807) is 6.07 Å². The van der Waals surface area contributed by atoms with Crippen molar-refractivity contribution in [1.29, 1.82) is 0 Å². The van der Waals surface area contributed by atoms with E-state index in [9.17, 15) is 9.59 Å². The van der Waals surface area contributed by atoms with Crippen LogP contribution in [-0.2, 0) is 4.79 Å². The Morgan fingerprint density at radius 1 is 1.17 bits per heavy atom. The second-order valence-corrected chi connectivity index (χ2v) is 7.67. The highest BCUT2D eigenvalue weighted by Gasteiger charge is 2.44. The second kappa shape index (κ2) is 5.02. The van der Waals surface area contributed by atoms with Crippen LogP contribution >= 0.6 is 11.3 Å². The van der Waals surface area contributed by atoms with Gasteiger partial charge in [-0.3, -0.25) is 14.5 Å². The average Bonchev–Trinajstić information content (AvgIpc) is 3.13. The Morgan fingerprint density at radius 3 is 2.62 bits per heavy atom. The van der Waals surface area contributed by atoms with Gasteiger partial charge in [-0.05, 0) is 37.8 Å². The molecule has 0 N–H and O–H groups in total. The maximum atomic E-state index is 13.1. The molecule has 2 aromatic rings. The molecule has 1 aromatic carbocycles. The van der Waals surface area contributed by atoms with Crippen LogP contribution in [0.3, 0.4) is 0 Å². The van der Waals surface area contributed by atoms with Crippen molar-refractivity contribution in [1.82, 2.24) is 0 Å². The molecule has 0 aliphatic carbocycles. The molecule has 0 saturated carbocycles. The SMILES string of the molecule is CC1=CC(C)(C)N2C(=O)C(=CC(=O)c3cccs3)c3cccc1c32. The molecule has 3 heterocycles. The van der Waals surface area contributed by atoms with Crippen molar-refractivity contribution in [3.05, 3.63) is 63.9 Å². The number of allylic oxidation sites excluding steroid dienone is 2. The van der Waals surface area contributed by atoms with E-state index in [4.69, 9.17) is 0 Å². The highest BCUT2D eigenvalue weighted by atomic mass is 32.1. The average molecular weight is 335 g/mol. The minimum absolute atomic E-state index is 0.101. The van der Waals surface area contributed by atoms with Gasteiger partial charge < -0.3 is 0 Å². The monoisotopic (exact) mass is 335 g/mol. The molecule has 1 aromatic heterocycles. The van der Waals surface area contributed by atoms with Gasteiger partial charge in [-0.25, -0.2) is 0 Å². The standard InChI is InChI=1S/C20H17NO2S/c1-12-11-20(2,3)21-18-13(12)6-4-7-14(18)15(19(21)23)10-16(22)17-8-5-9-24-17/h4-11H,1-3H3. The number of thiophene rings is 1. The van der Waals surface area contributed by atoms with Gasteiger partial charge in [-0.15, -0.1) is 11.3 Å². The van der Waals surface area contributed by atoms with E-state index in [0.29, 0.717) is 10.5 Å². The highest BCUT2D eigenvalue weighted by molar-refractivity contribution is 7.12. The van der Waals surface area contributed by atoms with E-state index in [2.05, 4.69) is 13.0 Å². The van der Waals surface area contributed by atoms with Crippen LogP contribution in [0.15, 0.2) is 47.9 Å². The van der Waals surface area contributed by atoms with Crippen LogP contribution in [0.5, 0.6) is 0 Å². The third-order valence-electron chi connectivity index (χ3n) is 4.59. The number of nitrogens with zero attached hydrogens (tertiary/aromatic N) is 1. The second-order valence-electron chi connectivity index (χ2n) is 6.72. The fourth-order valence-electron chi connectivity index (χ4n) is 3.64. The van der Waals surface area contributed by atoms with Crippen molar-refractivity contribution in [3.8, 4) is 0 Å². The zero-order chi connectivity index (χ0) is 17.1. The summed E-state index contributed by atoms with van der Waals surface area (Å²) in [6.07, 6.45) is 3.61. The predicted molar refractivity (Wildman–Crippen MR) is 98.3 cm³/mol. The number of rotatable bonds is 2. The van der Waals surface area contributed by atoms with Gasteiger partial charge in [0.15, 0.2) is 5.78 Å². The summed E-state index contributed by atoms with van der Waals surface area (Å²) in [5.74, 6) is -0.218. The van der Waals surface area contributed by atoms with Crippen LogP contribution in [0, 0.1) is 0 Å². The summed E-state index contributed by atoms with van der Waals surface area (Å²) in [6, 6.07) is 9.54. The summed E-state index contributed by atoms with van der Waals surface area (Å²) in [5, 5.41) is 1.87. The smallest absolute Gasteiger partial charge is 0.259 e. The molecule has 0 radical (unpaired) electrons. The third kappa shape index (κ3) is 2.03. The maximum Gasteiger partial charge on any atom is 0.259 e. The third-order valence-corrected chi connectivity index (χ3v) is 5.48. The number of anilines is 1. The van der Waals surface area contributed by atoms with Crippen molar-refractivity contribution in [3.63, 3.8) is 0 Å². The minimum Gasteiger partial charge on any atom is -0.298 e. The van der Waals surface area contributed by atoms with E-state index < -0.39 is 5.54 Å². The Morgan fingerprint density at radius 2 is 1.92 bits per heavy atom. The van der Waals surface area contributed by atoms with Crippen LogP contribution < -0.4 is 4.90 Å². The largest absolute Gasteiger partial charge is 0.298 e. The first-order valence-corrected chi connectivity index (χ1v) is 8.75. The number of carbonyl (C=O) groups excluding carboxylic acids is 2. The van der Waals surface area contributed by atoms with Crippen LogP contribution in [0.4, 0.5) is 5.69 Å². The zero-order valence-electron chi connectivity index (χ0n) is 13.8. The number of amides is 1. The van der Waals surface area contributed by atoms with Crippen molar-refractivity contribution in [2.75, 3.05) is 4.90 Å². The number of hydrogen-bond donors (Lipinski definition) is 0. The van der Waals surface area contributed by atoms with Crippen LogP contribution in [0.1, 0.15) is 41.6 Å². The molecule has 2 aliphatic rings. The van der Waals surface area contributed by atoms with Gasteiger partial charge >= 0.3 is 0 Å². The van der Waals surface area contributed by atoms with Gasteiger partial charge in [-0.2, -0.15) is 0 Å². The molecule has 3 nitrogen and oxygen atoms in total. The Bertz CT molecular complexity index is 933. The molecule has 4 rings (SSSR count). The molecule has 24 heavy (non-hydrogen) atoms. The normalized spacial score (nSPS) is 19.5.